The third kappa shape index (κ3) is 8.23. The number of aryl methyl sites for hydroxylation is 1. The maximum Gasteiger partial charge on any atom is 0.390 e. The van der Waals surface area contributed by atoms with E-state index in [0.717, 1.165) is 11.1 Å². The predicted octanol–water partition coefficient (Wildman–Crippen LogP) is 3.23. The molecule has 0 amide bonds. The molecule has 20 heavy (non-hydrogen) atoms. The molecule has 1 rings (SSSR count). The van der Waals surface area contributed by atoms with Crippen molar-refractivity contribution in [1.29, 1.82) is 0 Å². The van der Waals surface area contributed by atoms with Gasteiger partial charge in [0.1, 0.15) is 0 Å². The smallest absolute Gasteiger partial charge is 0.356 e. The van der Waals surface area contributed by atoms with Crippen LogP contribution in [0.15, 0.2) is 29.3 Å². The average Bonchev–Trinajstić information content (AvgIpc) is 2.34. The molecule has 0 aliphatic rings. The normalized spacial score (nSPS) is 11.8. The molecule has 1 aromatic rings. The van der Waals surface area contributed by atoms with Gasteiger partial charge in [0, 0.05) is 20.1 Å². The summed E-state index contributed by atoms with van der Waals surface area (Å²) < 4.78 is 36.0. The third-order valence-corrected chi connectivity index (χ3v) is 2.51. The molecule has 2 N–H and O–H groups in total. The van der Waals surface area contributed by atoms with Gasteiger partial charge in [0.25, 0.3) is 0 Å². The molecule has 0 saturated carbocycles. The van der Waals surface area contributed by atoms with E-state index in [4.69, 9.17) is 0 Å². The molecule has 0 atom stereocenters. The molecule has 0 aromatic heterocycles. The van der Waals surface area contributed by atoms with E-state index in [2.05, 4.69) is 15.6 Å². The number of nitrogens with zero attached hydrogens (tertiary/aromatic N) is 1. The quantitative estimate of drug-likeness (QED) is 0.462. The maximum absolute atomic E-state index is 12.0. The van der Waals surface area contributed by atoms with Crippen LogP contribution in [0.5, 0.6) is 0 Å². The molecular weight excluding hydrogens is 382 g/mol. The highest BCUT2D eigenvalue weighted by atomic mass is 127. The second-order valence-corrected chi connectivity index (χ2v) is 4.20. The van der Waals surface area contributed by atoms with E-state index in [9.17, 15) is 13.2 Å². The summed E-state index contributed by atoms with van der Waals surface area (Å²) in [7, 11) is 1.53. The lowest BCUT2D eigenvalue weighted by Crippen LogP contribution is -2.38. The molecular formula is C13H19F3IN3. The van der Waals surface area contributed by atoms with Crippen LogP contribution in [0.1, 0.15) is 17.5 Å². The van der Waals surface area contributed by atoms with Gasteiger partial charge < -0.3 is 10.6 Å². The van der Waals surface area contributed by atoms with Crippen molar-refractivity contribution in [1.82, 2.24) is 10.6 Å². The highest BCUT2D eigenvalue weighted by molar-refractivity contribution is 14.0. The monoisotopic (exact) mass is 401 g/mol. The van der Waals surface area contributed by atoms with Crippen LogP contribution < -0.4 is 10.6 Å². The van der Waals surface area contributed by atoms with Gasteiger partial charge in [-0.25, -0.2) is 0 Å². The number of nitrogens with one attached hydrogen (secondary N) is 2. The van der Waals surface area contributed by atoms with Gasteiger partial charge >= 0.3 is 6.18 Å². The zero-order valence-corrected chi connectivity index (χ0v) is 13.8. The fourth-order valence-electron chi connectivity index (χ4n) is 1.43. The molecule has 7 heteroatoms. The Bertz CT molecular complexity index is 416. The van der Waals surface area contributed by atoms with E-state index in [1.165, 1.54) is 7.05 Å². The Hall–Kier alpha value is -0.990. The molecule has 1 aromatic carbocycles. The molecule has 0 unspecified atom stereocenters. The molecule has 0 saturated heterocycles. The van der Waals surface area contributed by atoms with Gasteiger partial charge in [0.2, 0.25) is 0 Å². The van der Waals surface area contributed by atoms with Gasteiger partial charge in [0.05, 0.1) is 6.42 Å². The first-order valence-corrected chi connectivity index (χ1v) is 5.97. The highest BCUT2D eigenvalue weighted by Gasteiger charge is 2.26. The van der Waals surface area contributed by atoms with Crippen molar-refractivity contribution < 1.29 is 13.2 Å². The lowest BCUT2D eigenvalue weighted by molar-refractivity contribution is -0.132. The van der Waals surface area contributed by atoms with Crippen molar-refractivity contribution >= 4 is 29.9 Å². The van der Waals surface area contributed by atoms with E-state index >= 15 is 0 Å². The van der Waals surface area contributed by atoms with Crippen molar-refractivity contribution in [2.24, 2.45) is 4.99 Å². The molecule has 0 aliphatic carbocycles. The fourth-order valence-corrected chi connectivity index (χ4v) is 1.43. The number of aliphatic imine (C=N–C) groups is 1. The summed E-state index contributed by atoms with van der Waals surface area (Å²) in [6, 6.07) is 7.89. The van der Waals surface area contributed by atoms with Crippen LogP contribution in [-0.4, -0.2) is 25.7 Å². The Balaban J connectivity index is 0.00000361. The summed E-state index contributed by atoms with van der Waals surface area (Å²) in [5.41, 5.74) is 2.21. The van der Waals surface area contributed by atoms with Crippen molar-refractivity contribution in [3.8, 4) is 0 Å². The summed E-state index contributed by atoms with van der Waals surface area (Å²) in [5.74, 6) is 0.366. The standard InChI is InChI=1S/C13H18F3N3.HI/c1-10-3-5-11(6-4-10)9-19-12(17-2)18-8-7-13(14,15)16;/h3-6H,7-9H2,1-2H3,(H2,17,18,19);1H. The van der Waals surface area contributed by atoms with Crippen LogP contribution in [-0.2, 0) is 6.54 Å². The first-order chi connectivity index (χ1) is 8.90. The summed E-state index contributed by atoms with van der Waals surface area (Å²) >= 11 is 0. The van der Waals surface area contributed by atoms with E-state index in [0.29, 0.717) is 12.5 Å². The van der Waals surface area contributed by atoms with Crippen LogP contribution in [0.25, 0.3) is 0 Å². The van der Waals surface area contributed by atoms with Crippen LogP contribution >= 0.6 is 24.0 Å². The number of hydrogen-bond donors (Lipinski definition) is 2. The van der Waals surface area contributed by atoms with Crippen LogP contribution in [0.3, 0.4) is 0 Å². The zero-order chi connectivity index (χ0) is 14.3. The molecule has 0 fully saturated rings. The molecule has 0 bridgehead atoms. The Morgan fingerprint density at radius 2 is 1.75 bits per heavy atom. The van der Waals surface area contributed by atoms with Crippen LogP contribution in [0.2, 0.25) is 0 Å². The lowest BCUT2D eigenvalue weighted by atomic mass is 10.1. The number of guanidine groups is 1. The Morgan fingerprint density at radius 3 is 2.25 bits per heavy atom. The number of alkyl halides is 3. The largest absolute Gasteiger partial charge is 0.390 e. The second kappa shape index (κ2) is 9.04. The summed E-state index contributed by atoms with van der Waals surface area (Å²) in [5, 5.41) is 5.59. The molecule has 0 spiro atoms. The van der Waals surface area contributed by atoms with E-state index in [1.807, 2.05) is 31.2 Å². The van der Waals surface area contributed by atoms with E-state index < -0.39 is 12.6 Å². The van der Waals surface area contributed by atoms with Crippen molar-refractivity contribution in [2.75, 3.05) is 13.6 Å². The zero-order valence-electron chi connectivity index (χ0n) is 11.4. The van der Waals surface area contributed by atoms with Crippen molar-refractivity contribution in [3.63, 3.8) is 0 Å². The Morgan fingerprint density at radius 1 is 1.15 bits per heavy atom. The van der Waals surface area contributed by atoms with Gasteiger partial charge in [-0.1, -0.05) is 29.8 Å². The van der Waals surface area contributed by atoms with E-state index in [1.54, 1.807) is 0 Å². The van der Waals surface area contributed by atoms with Gasteiger partial charge in [-0.15, -0.1) is 24.0 Å². The highest BCUT2D eigenvalue weighted by Crippen LogP contribution is 2.17. The van der Waals surface area contributed by atoms with Crippen LogP contribution in [0.4, 0.5) is 13.2 Å². The minimum atomic E-state index is -4.15. The van der Waals surface area contributed by atoms with Gasteiger partial charge in [0.15, 0.2) is 5.96 Å². The first kappa shape index (κ1) is 19.0. The minimum Gasteiger partial charge on any atom is -0.356 e. The molecule has 0 heterocycles. The maximum atomic E-state index is 12.0. The first-order valence-electron chi connectivity index (χ1n) is 5.97. The van der Waals surface area contributed by atoms with Gasteiger partial charge in [-0.3, -0.25) is 4.99 Å². The molecule has 0 aliphatic heterocycles. The summed E-state index contributed by atoms with van der Waals surface area (Å²) in [6.45, 7) is 2.33. The molecule has 3 nitrogen and oxygen atoms in total. The number of rotatable bonds is 4. The van der Waals surface area contributed by atoms with Gasteiger partial charge in [-0.2, -0.15) is 13.2 Å². The SMILES string of the molecule is CN=C(NCCC(F)(F)F)NCc1ccc(C)cc1.I. The molecule has 0 radical (unpaired) electrons. The van der Waals surface area contributed by atoms with E-state index in [-0.39, 0.29) is 30.5 Å². The van der Waals surface area contributed by atoms with Crippen LogP contribution in [0, 0.1) is 6.92 Å². The predicted molar refractivity (Wildman–Crippen MR) is 85.5 cm³/mol. The number of halogens is 4. The number of benzene rings is 1. The van der Waals surface area contributed by atoms with Crippen molar-refractivity contribution in [2.45, 2.75) is 26.1 Å². The lowest BCUT2D eigenvalue weighted by Gasteiger charge is -2.13. The summed E-state index contributed by atoms with van der Waals surface area (Å²) in [4.78, 5) is 3.87. The fraction of sp³-hybridized carbons (Fsp3) is 0.462. The molecule has 114 valence electrons. The number of hydrogen-bond acceptors (Lipinski definition) is 1. The van der Waals surface area contributed by atoms with Crippen molar-refractivity contribution in [3.05, 3.63) is 35.4 Å². The average molecular weight is 401 g/mol. The Labute approximate surface area is 134 Å². The topological polar surface area (TPSA) is 36.4 Å². The van der Waals surface area contributed by atoms with Gasteiger partial charge in [-0.05, 0) is 12.5 Å². The summed E-state index contributed by atoms with van der Waals surface area (Å²) in [6.07, 6.45) is -5.03. The second-order valence-electron chi connectivity index (χ2n) is 4.20. The third-order valence-electron chi connectivity index (χ3n) is 2.51. The Kier molecular flexibility index (Phi) is 8.59. The minimum absolute atomic E-state index is 0.